The average molecular weight is 194 g/mol. The van der Waals surface area contributed by atoms with E-state index in [9.17, 15) is 4.79 Å². The van der Waals surface area contributed by atoms with Gasteiger partial charge in [-0.05, 0) is 16.3 Å². The highest BCUT2D eigenvalue weighted by molar-refractivity contribution is 6.39. The van der Waals surface area contributed by atoms with Crippen molar-refractivity contribution in [2.24, 2.45) is 0 Å². The number of fused-ring (bicyclic) bond motifs is 1. The summed E-state index contributed by atoms with van der Waals surface area (Å²) in [4.78, 5) is 10.7. The minimum Gasteiger partial charge on any atom is -0.298 e. The van der Waals surface area contributed by atoms with Crippen LogP contribution in [0.3, 0.4) is 0 Å². The van der Waals surface area contributed by atoms with Gasteiger partial charge in [-0.1, -0.05) is 48.4 Å². The van der Waals surface area contributed by atoms with Crippen molar-refractivity contribution in [3.63, 3.8) is 0 Å². The Balaban J connectivity index is 2.82. The van der Waals surface area contributed by atoms with Crippen molar-refractivity contribution in [1.82, 2.24) is 0 Å². The van der Waals surface area contributed by atoms with Crippen molar-refractivity contribution in [3.05, 3.63) is 48.5 Å². The first-order valence-corrected chi connectivity index (χ1v) is 4.87. The molecule has 0 saturated carbocycles. The van der Waals surface area contributed by atoms with Gasteiger partial charge >= 0.3 is 0 Å². The van der Waals surface area contributed by atoms with E-state index >= 15 is 0 Å². The van der Waals surface area contributed by atoms with Gasteiger partial charge in [0.25, 0.3) is 0 Å². The molecule has 2 heteroatoms. The third-order valence-electron chi connectivity index (χ3n) is 2.63. The summed E-state index contributed by atoms with van der Waals surface area (Å²) in [5.41, 5.74) is 2.67. The van der Waals surface area contributed by atoms with E-state index in [1.807, 2.05) is 24.3 Å². The Morgan fingerprint density at radius 2 is 1.80 bits per heavy atom. The van der Waals surface area contributed by atoms with Crippen LogP contribution in [-0.4, -0.2) is 14.1 Å². The molecule has 0 aromatic heterocycles. The Morgan fingerprint density at radius 3 is 2.53 bits per heavy atom. The molecule has 0 fully saturated rings. The van der Waals surface area contributed by atoms with E-state index < -0.39 is 0 Å². The number of rotatable bonds is 2. The zero-order valence-corrected chi connectivity index (χ0v) is 8.66. The number of carbonyl (C=O) groups excluding carboxylic acids is 1. The molecule has 0 radical (unpaired) electrons. The summed E-state index contributed by atoms with van der Waals surface area (Å²) >= 11 is 0. The van der Waals surface area contributed by atoms with E-state index in [1.54, 1.807) is 0 Å². The van der Waals surface area contributed by atoms with Crippen LogP contribution in [0, 0.1) is 0 Å². The van der Waals surface area contributed by atoms with E-state index in [2.05, 4.69) is 26.6 Å². The molecule has 0 saturated heterocycles. The van der Waals surface area contributed by atoms with Crippen molar-refractivity contribution >= 4 is 35.9 Å². The van der Waals surface area contributed by atoms with Crippen LogP contribution in [0.5, 0.6) is 0 Å². The van der Waals surface area contributed by atoms with Crippen LogP contribution in [0.15, 0.2) is 43.0 Å². The predicted molar refractivity (Wildman–Crippen MR) is 67.2 cm³/mol. The third kappa shape index (κ3) is 1.59. The topological polar surface area (TPSA) is 17.1 Å². The molecular weight excluding hydrogens is 183 g/mol. The van der Waals surface area contributed by atoms with Crippen molar-refractivity contribution in [2.75, 3.05) is 0 Å². The SMILES string of the molecule is Bc1cccc2c(C(=C)C=O)cccc12. The number of benzene rings is 2. The monoisotopic (exact) mass is 194 g/mol. The normalized spacial score (nSPS) is 10.1. The molecule has 0 heterocycles. The maximum absolute atomic E-state index is 10.7. The Morgan fingerprint density at radius 1 is 1.13 bits per heavy atom. The van der Waals surface area contributed by atoms with Gasteiger partial charge in [0.05, 0.1) is 0 Å². The first-order valence-electron chi connectivity index (χ1n) is 4.87. The van der Waals surface area contributed by atoms with Gasteiger partial charge in [0.15, 0.2) is 0 Å². The lowest BCUT2D eigenvalue weighted by Crippen LogP contribution is -2.03. The average Bonchev–Trinajstić information content (AvgIpc) is 2.28. The summed E-state index contributed by atoms with van der Waals surface area (Å²) in [7, 11) is 2.07. The molecule has 0 aliphatic rings. The molecule has 2 rings (SSSR count). The lowest BCUT2D eigenvalue weighted by Gasteiger charge is -2.07. The summed E-state index contributed by atoms with van der Waals surface area (Å²) in [6.45, 7) is 3.76. The Labute approximate surface area is 89.8 Å². The Kier molecular flexibility index (Phi) is 2.42. The van der Waals surface area contributed by atoms with E-state index in [4.69, 9.17) is 0 Å². The molecular formula is C13H11BO. The number of aldehydes is 1. The second kappa shape index (κ2) is 3.74. The quantitative estimate of drug-likeness (QED) is 0.400. The zero-order chi connectivity index (χ0) is 10.8. The molecule has 0 unspecified atom stereocenters. The molecule has 0 N–H and O–H groups in total. The second-order valence-electron chi connectivity index (χ2n) is 3.62. The summed E-state index contributed by atoms with van der Waals surface area (Å²) in [5.74, 6) is 0. The van der Waals surface area contributed by atoms with Crippen molar-refractivity contribution < 1.29 is 4.79 Å². The van der Waals surface area contributed by atoms with Crippen LogP contribution < -0.4 is 5.46 Å². The molecule has 0 atom stereocenters. The second-order valence-corrected chi connectivity index (χ2v) is 3.62. The summed E-state index contributed by atoms with van der Waals surface area (Å²) < 4.78 is 0. The van der Waals surface area contributed by atoms with Crippen LogP contribution >= 0.6 is 0 Å². The van der Waals surface area contributed by atoms with Crippen molar-refractivity contribution in [2.45, 2.75) is 0 Å². The molecule has 0 bridgehead atoms. The number of hydrogen-bond donors (Lipinski definition) is 0. The molecule has 0 amide bonds. The van der Waals surface area contributed by atoms with Gasteiger partial charge in [-0.25, -0.2) is 0 Å². The standard InChI is InChI=1S/C13H11BO/c1-9(8-15)10-4-2-6-12-11(10)5-3-7-13(12)14/h2-8H,1,14H2. The van der Waals surface area contributed by atoms with Crippen LogP contribution in [0.25, 0.3) is 16.3 Å². The van der Waals surface area contributed by atoms with E-state index in [1.165, 1.54) is 10.8 Å². The minimum absolute atomic E-state index is 0.534. The highest BCUT2D eigenvalue weighted by Gasteiger charge is 2.04. The van der Waals surface area contributed by atoms with Crippen molar-refractivity contribution in [3.8, 4) is 0 Å². The largest absolute Gasteiger partial charge is 0.298 e. The van der Waals surface area contributed by atoms with Crippen molar-refractivity contribution in [1.29, 1.82) is 0 Å². The lowest BCUT2D eigenvalue weighted by molar-refractivity contribution is -0.103. The fourth-order valence-corrected chi connectivity index (χ4v) is 1.81. The number of allylic oxidation sites excluding steroid dienone is 1. The van der Waals surface area contributed by atoms with E-state index in [0.717, 1.165) is 17.2 Å². The van der Waals surface area contributed by atoms with E-state index in [-0.39, 0.29) is 0 Å². The molecule has 1 nitrogen and oxygen atoms in total. The van der Waals surface area contributed by atoms with Gasteiger partial charge in [0.1, 0.15) is 14.1 Å². The van der Waals surface area contributed by atoms with Gasteiger partial charge in [-0.2, -0.15) is 0 Å². The first kappa shape index (κ1) is 9.72. The zero-order valence-electron chi connectivity index (χ0n) is 8.66. The van der Waals surface area contributed by atoms with Gasteiger partial charge in [0.2, 0.25) is 0 Å². The fraction of sp³-hybridized carbons (Fsp3) is 0. The maximum atomic E-state index is 10.7. The number of carbonyl (C=O) groups is 1. The summed E-state index contributed by atoms with van der Waals surface area (Å²) in [5, 5.41) is 2.27. The molecule has 2 aromatic rings. The van der Waals surface area contributed by atoms with Gasteiger partial charge in [-0.3, -0.25) is 4.79 Å². The van der Waals surface area contributed by atoms with Crippen LogP contribution in [0.2, 0.25) is 0 Å². The summed E-state index contributed by atoms with van der Waals surface area (Å²) in [6.07, 6.45) is 0.803. The molecule has 0 spiro atoms. The maximum Gasteiger partial charge on any atom is 0.150 e. The molecule has 72 valence electrons. The molecule has 2 aromatic carbocycles. The predicted octanol–water partition coefficient (Wildman–Crippen LogP) is 1.31. The van der Waals surface area contributed by atoms with Gasteiger partial charge < -0.3 is 0 Å². The smallest absolute Gasteiger partial charge is 0.150 e. The van der Waals surface area contributed by atoms with E-state index in [0.29, 0.717) is 5.57 Å². The lowest BCUT2D eigenvalue weighted by atomic mass is 9.88. The number of hydrogen-bond acceptors (Lipinski definition) is 1. The highest BCUT2D eigenvalue weighted by Crippen LogP contribution is 2.21. The molecule has 0 aliphatic heterocycles. The van der Waals surface area contributed by atoms with Gasteiger partial charge in [0, 0.05) is 5.57 Å². The first-order chi connectivity index (χ1) is 7.24. The highest BCUT2D eigenvalue weighted by atomic mass is 16.1. The minimum atomic E-state index is 0.534. The molecule has 0 aliphatic carbocycles. The summed E-state index contributed by atoms with van der Waals surface area (Å²) in [6, 6.07) is 12.0. The third-order valence-corrected chi connectivity index (χ3v) is 2.63. The molecule has 15 heavy (non-hydrogen) atoms. The van der Waals surface area contributed by atoms with Crippen LogP contribution in [0.4, 0.5) is 0 Å². The fourth-order valence-electron chi connectivity index (χ4n) is 1.81. The van der Waals surface area contributed by atoms with Gasteiger partial charge in [-0.15, -0.1) is 0 Å². The van der Waals surface area contributed by atoms with Crippen LogP contribution in [-0.2, 0) is 4.79 Å². The Hall–Kier alpha value is -1.83. The van der Waals surface area contributed by atoms with Crippen LogP contribution in [0.1, 0.15) is 5.56 Å². The Bertz CT molecular complexity index is 543.